The normalized spacial score (nSPS) is 20.4. The highest BCUT2D eigenvalue weighted by molar-refractivity contribution is 6.02. The van der Waals surface area contributed by atoms with Gasteiger partial charge in [0.15, 0.2) is 5.65 Å². The average Bonchev–Trinajstić information content (AvgIpc) is 3.17. The summed E-state index contributed by atoms with van der Waals surface area (Å²) in [5.74, 6) is 0.644. The number of benzene rings is 1. The zero-order valence-corrected chi connectivity index (χ0v) is 21.6. The molecule has 37 heavy (non-hydrogen) atoms. The molecule has 0 unspecified atom stereocenters. The van der Waals surface area contributed by atoms with Gasteiger partial charge in [0.05, 0.1) is 18.2 Å². The summed E-state index contributed by atoms with van der Waals surface area (Å²) in [5.41, 5.74) is 4.13. The van der Waals surface area contributed by atoms with Crippen LogP contribution < -0.4 is 10.4 Å². The molecule has 1 saturated heterocycles. The number of fused-ring (bicyclic) bond motifs is 3. The number of piperidine rings is 1. The van der Waals surface area contributed by atoms with Crippen LogP contribution in [0, 0.1) is 0 Å². The van der Waals surface area contributed by atoms with E-state index in [9.17, 15) is 4.79 Å². The molecule has 9 heteroatoms. The fraction of sp³-hybridized carbons (Fsp3) is 0.500. The van der Waals surface area contributed by atoms with E-state index in [1.165, 1.54) is 32.4 Å². The molecule has 194 valence electrons. The molecular weight excluding hydrogens is 468 g/mol. The molecule has 2 aliphatic rings. The maximum absolute atomic E-state index is 13.1. The number of methoxy groups -OCH3 is 1. The number of ether oxygens (including phenoxy) is 2. The van der Waals surface area contributed by atoms with Gasteiger partial charge >= 0.3 is 5.69 Å². The molecule has 1 saturated carbocycles. The van der Waals surface area contributed by atoms with Crippen LogP contribution in [0.25, 0.3) is 33.2 Å². The Morgan fingerprint density at radius 1 is 1.03 bits per heavy atom. The van der Waals surface area contributed by atoms with E-state index in [4.69, 9.17) is 9.47 Å². The van der Waals surface area contributed by atoms with Gasteiger partial charge in [-0.2, -0.15) is 0 Å². The number of rotatable bonds is 8. The Bertz CT molecular complexity index is 1450. The zero-order chi connectivity index (χ0) is 25.4. The van der Waals surface area contributed by atoms with E-state index < -0.39 is 0 Å². The molecule has 1 aromatic carbocycles. The van der Waals surface area contributed by atoms with E-state index >= 15 is 0 Å². The molecule has 4 heterocycles. The van der Waals surface area contributed by atoms with E-state index in [0.29, 0.717) is 18.1 Å². The molecule has 0 bridgehead atoms. The Labute approximate surface area is 216 Å². The number of hydrogen-bond donors (Lipinski definition) is 0. The van der Waals surface area contributed by atoms with Crippen LogP contribution in [0.5, 0.6) is 5.88 Å². The third-order valence-electron chi connectivity index (χ3n) is 7.92. The van der Waals surface area contributed by atoms with Gasteiger partial charge in [-0.3, -0.25) is 9.13 Å². The highest BCUT2D eigenvalue weighted by atomic mass is 16.5. The van der Waals surface area contributed by atoms with Crippen LogP contribution >= 0.6 is 0 Å². The SMILES string of the molecule is CO[C@H]1C[C@@H](n2c(=O)n(C)c3nnc4ccc(-c5ccc(OCCCN6CCCCC6)nc5)cc4c32)C1. The number of nitrogens with zero attached hydrogens (tertiary/aromatic N) is 6. The molecule has 2 fully saturated rings. The van der Waals surface area contributed by atoms with Gasteiger partial charge in [0.1, 0.15) is 5.52 Å². The molecule has 1 aliphatic heterocycles. The van der Waals surface area contributed by atoms with Gasteiger partial charge in [0, 0.05) is 50.0 Å². The third kappa shape index (κ3) is 4.62. The summed E-state index contributed by atoms with van der Waals surface area (Å²) in [4.78, 5) is 20.2. The lowest BCUT2D eigenvalue weighted by molar-refractivity contribution is 0.00635. The van der Waals surface area contributed by atoms with Gasteiger partial charge in [-0.05, 0) is 69.0 Å². The van der Waals surface area contributed by atoms with Crippen molar-refractivity contribution in [2.24, 2.45) is 7.05 Å². The lowest BCUT2D eigenvalue weighted by Gasteiger charge is -2.34. The smallest absolute Gasteiger partial charge is 0.330 e. The monoisotopic (exact) mass is 502 g/mol. The fourth-order valence-corrected chi connectivity index (χ4v) is 5.64. The second-order valence-corrected chi connectivity index (χ2v) is 10.3. The predicted octanol–water partition coefficient (Wildman–Crippen LogP) is 3.95. The molecule has 0 amide bonds. The van der Waals surface area contributed by atoms with Gasteiger partial charge in [-0.25, -0.2) is 9.78 Å². The van der Waals surface area contributed by atoms with Gasteiger partial charge in [0.2, 0.25) is 5.88 Å². The first-order valence-electron chi connectivity index (χ1n) is 13.3. The Hall–Kier alpha value is -3.30. The van der Waals surface area contributed by atoms with E-state index in [1.54, 1.807) is 18.7 Å². The second-order valence-electron chi connectivity index (χ2n) is 10.3. The highest BCUT2D eigenvalue weighted by Crippen LogP contribution is 2.37. The number of imidazole rings is 1. The fourth-order valence-electron chi connectivity index (χ4n) is 5.64. The maximum Gasteiger partial charge on any atom is 0.330 e. The summed E-state index contributed by atoms with van der Waals surface area (Å²) in [6, 6.07) is 10.1. The summed E-state index contributed by atoms with van der Waals surface area (Å²) in [6.45, 7) is 4.18. The van der Waals surface area contributed by atoms with E-state index in [-0.39, 0.29) is 17.8 Å². The second kappa shape index (κ2) is 10.2. The van der Waals surface area contributed by atoms with Crippen molar-refractivity contribution in [3.05, 3.63) is 47.0 Å². The lowest BCUT2D eigenvalue weighted by Crippen LogP contribution is -2.37. The van der Waals surface area contributed by atoms with Gasteiger partial charge in [-0.1, -0.05) is 12.5 Å². The van der Waals surface area contributed by atoms with Crippen LogP contribution in [0.1, 0.15) is 44.6 Å². The molecule has 0 radical (unpaired) electrons. The first-order valence-corrected chi connectivity index (χ1v) is 13.3. The minimum Gasteiger partial charge on any atom is -0.478 e. The van der Waals surface area contributed by atoms with E-state index in [0.717, 1.165) is 53.4 Å². The summed E-state index contributed by atoms with van der Waals surface area (Å²) >= 11 is 0. The molecule has 0 spiro atoms. The quantitative estimate of drug-likeness (QED) is 0.337. The molecule has 0 N–H and O–H groups in total. The number of likely N-dealkylation sites (tertiary alicyclic amines) is 1. The van der Waals surface area contributed by atoms with Crippen molar-refractivity contribution < 1.29 is 9.47 Å². The standard InChI is InChI=1S/C28H34N6O3/c1-32-27-26(34(28(32)35)21-16-22(17-21)36-2)23-15-19(7-9-24(23)30-31-27)20-8-10-25(29-18-20)37-14-6-13-33-11-4-3-5-12-33/h7-10,15,18,21-22H,3-6,11-14,16-17H2,1-2H3/t21-,22+. The Morgan fingerprint density at radius 2 is 1.84 bits per heavy atom. The van der Waals surface area contributed by atoms with Gasteiger partial charge in [0.25, 0.3) is 0 Å². The van der Waals surface area contributed by atoms with Crippen LogP contribution in [-0.4, -0.2) is 68.7 Å². The van der Waals surface area contributed by atoms with Crippen molar-refractivity contribution in [1.82, 2.24) is 29.2 Å². The van der Waals surface area contributed by atoms with Crippen molar-refractivity contribution in [1.29, 1.82) is 0 Å². The Morgan fingerprint density at radius 3 is 2.59 bits per heavy atom. The summed E-state index contributed by atoms with van der Waals surface area (Å²) in [5, 5.41) is 9.69. The Kier molecular flexibility index (Phi) is 6.65. The minimum atomic E-state index is -0.0646. The summed E-state index contributed by atoms with van der Waals surface area (Å²) in [6.07, 6.45) is 8.68. The molecule has 3 aromatic heterocycles. The average molecular weight is 503 g/mol. The third-order valence-corrected chi connectivity index (χ3v) is 7.92. The first kappa shape index (κ1) is 24.1. The van der Waals surface area contributed by atoms with Crippen LogP contribution in [0.3, 0.4) is 0 Å². The molecule has 9 nitrogen and oxygen atoms in total. The topological polar surface area (TPSA) is 87.3 Å². The van der Waals surface area contributed by atoms with Crippen molar-refractivity contribution in [2.75, 3.05) is 33.4 Å². The van der Waals surface area contributed by atoms with Crippen molar-refractivity contribution in [3.63, 3.8) is 0 Å². The number of aromatic nitrogens is 5. The van der Waals surface area contributed by atoms with Gasteiger partial charge in [-0.15, -0.1) is 10.2 Å². The largest absolute Gasteiger partial charge is 0.478 e. The van der Waals surface area contributed by atoms with Crippen LogP contribution in [0.15, 0.2) is 41.3 Å². The van der Waals surface area contributed by atoms with E-state index in [1.807, 2.05) is 35.0 Å². The Balaban J connectivity index is 1.23. The van der Waals surface area contributed by atoms with Crippen LogP contribution in [0.2, 0.25) is 0 Å². The minimum absolute atomic E-state index is 0.0646. The molecular formula is C28H34N6O3. The molecule has 6 rings (SSSR count). The molecule has 4 aromatic rings. The first-order chi connectivity index (χ1) is 18.1. The maximum atomic E-state index is 13.1. The van der Waals surface area contributed by atoms with E-state index in [2.05, 4.69) is 26.1 Å². The van der Waals surface area contributed by atoms with Crippen molar-refractivity contribution >= 4 is 22.1 Å². The van der Waals surface area contributed by atoms with Crippen molar-refractivity contribution in [3.8, 4) is 17.0 Å². The lowest BCUT2D eigenvalue weighted by atomic mass is 9.89. The van der Waals surface area contributed by atoms with Crippen LogP contribution in [-0.2, 0) is 11.8 Å². The molecule has 0 atom stereocenters. The number of pyridine rings is 1. The van der Waals surface area contributed by atoms with Crippen LogP contribution in [0.4, 0.5) is 0 Å². The van der Waals surface area contributed by atoms with Gasteiger partial charge < -0.3 is 14.4 Å². The summed E-state index contributed by atoms with van der Waals surface area (Å²) in [7, 11) is 3.48. The zero-order valence-electron chi connectivity index (χ0n) is 21.6. The number of aryl methyl sites for hydroxylation is 1. The number of hydrogen-bond acceptors (Lipinski definition) is 7. The molecule has 1 aliphatic carbocycles. The predicted molar refractivity (Wildman–Crippen MR) is 143 cm³/mol. The summed E-state index contributed by atoms with van der Waals surface area (Å²) < 4.78 is 14.8. The highest BCUT2D eigenvalue weighted by Gasteiger charge is 2.34. The van der Waals surface area contributed by atoms with Crippen molar-refractivity contribution in [2.45, 2.75) is 50.7 Å².